The highest BCUT2D eigenvalue weighted by atomic mass is 79.9. The van der Waals surface area contributed by atoms with Gasteiger partial charge in [-0.15, -0.1) is 0 Å². The third kappa shape index (κ3) is 2.96. The van der Waals surface area contributed by atoms with Crippen LogP contribution in [0.1, 0.15) is 43.0 Å². The summed E-state index contributed by atoms with van der Waals surface area (Å²) in [5, 5.41) is 4.08. The van der Waals surface area contributed by atoms with Gasteiger partial charge in [0.25, 0.3) is 0 Å². The molecule has 1 fully saturated rings. The fourth-order valence-corrected chi connectivity index (χ4v) is 3.22. The Morgan fingerprint density at radius 1 is 1.38 bits per heavy atom. The van der Waals surface area contributed by atoms with Crippen LogP contribution >= 0.6 is 15.9 Å². The molecule has 1 aliphatic carbocycles. The Bertz CT molecular complexity index is 636. The number of rotatable bonds is 4. The first-order valence-electron chi connectivity index (χ1n) is 7.05. The highest BCUT2D eigenvalue weighted by Gasteiger charge is 2.35. The topological polar surface area (TPSA) is 74.2 Å². The molecule has 3 rings (SSSR count). The summed E-state index contributed by atoms with van der Waals surface area (Å²) in [6, 6.07) is 5.85. The third-order valence-electron chi connectivity index (χ3n) is 3.99. The molecule has 0 saturated heterocycles. The first-order chi connectivity index (χ1) is 10.1. The van der Waals surface area contributed by atoms with Gasteiger partial charge >= 0.3 is 0 Å². The van der Waals surface area contributed by atoms with E-state index >= 15 is 0 Å². The zero-order valence-electron chi connectivity index (χ0n) is 11.9. The number of ether oxygens (including phenoxy) is 1. The van der Waals surface area contributed by atoms with Crippen molar-refractivity contribution in [1.29, 1.82) is 0 Å². The molecule has 0 aliphatic heterocycles. The molecule has 1 heterocycles. The van der Waals surface area contributed by atoms with Crippen molar-refractivity contribution in [1.82, 2.24) is 10.1 Å². The minimum Gasteiger partial charge on any atom is -0.496 e. The summed E-state index contributed by atoms with van der Waals surface area (Å²) in [7, 11) is 1.65. The van der Waals surface area contributed by atoms with Crippen molar-refractivity contribution in [3.63, 3.8) is 0 Å². The standard InChI is InChI=1S/C15H18BrN3O2/c1-20-12-5-4-11(16)8-10(12)9-13-18-14(19-21-13)15(17)6-2-3-7-15/h4-5,8H,2-3,6-7,9,17H2,1H3. The molecular weight excluding hydrogens is 334 g/mol. The van der Waals surface area contributed by atoms with Crippen LogP contribution < -0.4 is 10.5 Å². The number of methoxy groups -OCH3 is 1. The van der Waals surface area contributed by atoms with E-state index in [0.717, 1.165) is 41.5 Å². The molecule has 1 aromatic carbocycles. The van der Waals surface area contributed by atoms with Crippen LogP contribution in [-0.2, 0) is 12.0 Å². The monoisotopic (exact) mass is 351 g/mol. The van der Waals surface area contributed by atoms with Gasteiger partial charge < -0.3 is 15.0 Å². The molecule has 112 valence electrons. The maximum Gasteiger partial charge on any atom is 0.231 e. The molecule has 0 atom stereocenters. The first-order valence-corrected chi connectivity index (χ1v) is 7.84. The predicted molar refractivity (Wildman–Crippen MR) is 82.1 cm³/mol. The summed E-state index contributed by atoms with van der Waals surface area (Å²) in [5.41, 5.74) is 6.94. The molecule has 1 saturated carbocycles. The van der Waals surface area contributed by atoms with Gasteiger partial charge in [0, 0.05) is 10.0 Å². The number of hydrogen-bond donors (Lipinski definition) is 1. The normalized spacial score (nSPS) is 17.1. The molecule has 6 heteroatoms. The van der Waals surface area contributed by atoms with E-state index in [4.69, 9.17) is 15.0 Å². The van der Waals surface area contributed by atoms with Gasteiger partial charge in [0.15, 0.2) is 5.82 Å². The first kappa shape index (κ1) is 14.5. The second-order valence-electron chi connectivity index (χ2n) is 5.51. The Morgan fingerprint density at radius 3 is 2.86 bits per heavy atom. The Kier molecular flexibility index (Phi) is 3.99. The molecule has 5 nitrogen and oxygen atoms in total. The highest BCUT2D eigenvalue weighted by Crippen LogP contribution is 2.35. The van der Waals surface area contributed by atoms with Crippen molar-refractivity contribution in [3.05, 3.63) is 40.0 Å². The van der Waals surface area contributed by atoms with Crippen molar-refractivity contribution in [2.24, 2.45) is 5.73 Å². The van der Waals surface area contributed by atoms with Crippen LogP contribution in [0.25, 0.3) is 0 Å². The number of aromatic nitrogens is 2. The summed E-state index contributed by atoms with van der Waals surface area (Å²) in [5.74, 6) is 2.00. The van der Waals surface area contributed by atoms with Crippen LogP contribution in [0.4, 0.5) is 0 Å². The molecule has 0 amide bonds. The Hall–Kier alpha value is -1.40. The van der Waals surface area contributed by atoms with E-state index in [1.165, 1.54) is 0 Å². The van der Waals surface area contributed by atoms with Crippen molar-refractivity contribution in [3.8, 4) is 5.75 Å². The predicted octanol–water partition coefficient (Wildman–Crippen LogP) is 3.16. The quantitative estimate of drug-likeness (QED) is 0.915. The minimum atomic E-state index is -0.414. The van der Waals surface area contributed by atoms with Gasteiger partial charge in [-0.2, -0.15) is 4.98 Å². The molecule has 1 aliphatic rings. The van der Waals surface area contributed by atoms with Crippen LogP contribution in [0.15, 0.2) is 27.2 Å². The minimum absolute atomic E-state index is 0.414. The fourth-order valence-electron chi connectivity index (χ4n) is 2.81. The number of hydrogen-bond acceptors (Lipinski definition) is 5. The number of halogens is 1. The van der Waals surface area contributed by atoms with Gasteiger partial charge in [-0.05, 0) is 31.0 Å². The van der Waals surface area contributed by atoms with E-state index in [2.05, 4.69) is 26.1 Å². The van der Waals surface area contributed by atoms with E-state index in [-0.39, 0.29) is 0 Å². The average Bonchev–Trinajstić information content (AvgIpc) is 3.09. The lowest BCUT2D eigenvalue weighted by molar-refractivity contribution is 0.350. The largest absolute Gasteiger partial charge is 0.496 e. The van der Waals surface area contributed by atoms with Gasteiger partial charge in [-0.3, -0.25) is 0 Å². The Balaban J connectivity index is 1.83. The van der Waals surface area contributed by atoms with Crippen LogP contribution in [-0.4, -0.2) is 17.3 Å². The molecule has 21 heavy (non-hydrogen) atoms. The highest BCUT2D eigenvalue weighted by molar-refractivity contribution is 9.10. The SMILES string of the molecule is COc1ccc(Br)cc1Cc1nc(C2(N)CCCC2)no1. The zero-order valence-corrected chi connectivity index (χ0v) is 13.5. The van der Waals surface area contributed by atoms with E-state index in [9.17, 15) is 0 Å². The van der Waals surface area contributed by atoms with Crippen molar-refractivity contribution < 1.29 is 9.26 Å². The number of nitrogens with two attached hydrogens (primary N) is 1. The van der Waals surface area contributed by atoms with Crippen molar-refractivity contribution >= 4 is 15.9 Å². The average molecular weight is 352 g/mol. The van der Waals surface area contributed by atoms with Crippen LogP contribution in [0.2, 0.25) is 0 Å². The maximum absolute atomic E-state index is 6.35. The second-order valence-corrected chi connectivity index (χ2v) is 6.42. The number of nitrogens with zero attached hydrogens (tertiary/aromatic N) is 2. The third-order valence-corrected chi connectivity index (χ3v) is 4.49. The second kappa shape index (κ2) is 5.77. The summed E-state index contributed by atoms with van der Waals surface area (Å²) in [6.45, 7) is 0. The lowest BCUT2D eigenvalue weighted by Crippen LogP contribution is -2.34. The van der Waals surface area contributed by atoms with Crippen molar-refractivity contribution in [2.45, 2.75) is 37.6 Å². The maximum atomic E-state index is 6.35. The van der Waals surface area contributed by atoms with Gasteiger partial charge in [0.05, 0.1) is 19.1 Å². The fraction of sp³-hybridized carbons (Fsp3) is 0.467. The number of benzene rings is 1. The summed E-state index contributed by atoms with van der Waals surface area (Å²) >= 11 is 3.46. The summed E-state index contributed by atoms with van der Waals surface area (Å²) in [4.78, 5) is 4.49. The Labute approximate surface area is 132 Å². The lowest BCUT2D eigenvalue weighted by atomic mass is 9.99. The summed E-state index contributed by atoms with van der Waals surface area (Å²) in [6.07, 6.45) is 4.63. The van der Waals surface area contributed by atoms with Gasteiger partial charge in [-0.25, -0.2) is 0 Å². The van der Waals surface area contributed by atoms with E-state index < -0.39 is 5.54 Å². The van der Waals surface area contributed by atoms with Gasteiger partial charge in [-0.1, -0.05) is 33.9 Å². The molecule has 1 aromatic heterocycles. The molecule has 0 spiro atoms. The molecule has 0 bridgehead atoms. The lowest BCUT2D eigenvalue weighted by Gasteiger charge is -2.17. The van der Waals surface area contributed by atoms with E-state index in [0.29, 0.717) is 18.1 Å². The molecule has 2 aromatic rings. The molecule has 0 unspecified atom stereocenters. The van der Waals surface area contributed by atoms with Crippen molar-refractivity contribution in [2.75, 3.05) is 7.11 Å². The smallest absolute Gasteiger partial charge is 0.231 e. The van der Waals surface area contributed by atoms with Gasteiger partial charge in [0.2, 0.25) is 5.89 Å². The molecule has 2 N–H and O–H groups in total. The molecule has 0 radical (unpaired) electrons. The van der Waals surface area contributed by atoms with E-state index in [1.807, 2.05) is 18.2 Å². The van der Waals surface area contributed by atoms with E-state index in [1.54, 1.807) is 7.11 Å². The summed E-state index contributed by atoms with van der Waals surface area (Å²) < 4.78 is 11.7. The van der Waals surface area contributed by atoms with Gasteiger partial charge in [0.1, 0.15) is 5.75 Å². The Morgan fingerprint density at radius 2 is 2.14 bits per heavy atom. The van der Waals surface area contributed by atoms with Crippen LogP contribution in [0.5, 0.6) is 5.75 Å². The van der Waals surface area contributed by atoms with Crippen LogP contribution in [0, 0.1) is 0 Å². The zero-order chi connectivity index (χ0) is 14.9. The van der Waals surface area contributed by atoms with Crippen LogP contribution in [0.3, 0.4) is 0 Å². The molecular formula is C15H18BrN3O2.